The van der Waals surface area contributed by atoms with Crippen LogP contribution in [0.3, 0.4) is 0 Å². The van der Waals surface area contributed by atoms with Gasteiger partial charge >= 0.3 is 7.75 Å². The van der Waals surface area contributed by atoms with Gasteiger partial charge in [-0.25, -0.2) is 9.24 Å². The molecule has 0 aliphatic carbocycles. The molecule has 1 aromatic rings. The number of nitrogens with zero attached hydrogens (tertiary/aromatic N) is 1. The van der Waals surface area contributed by atoms with Crippen molar-refractivity contribution in [2.45, 2.75) is 26.0 Å². The summed E-state index contributed by atoms with van der Waals surface area (Å²) in [5, 5.41) is 0. The van der Waals surface area contributed by atoms with Crippen LogP contribution in [-0.2, 0) is 13.6 Å². The van der Waals surface area contributed by atoms with E-state index in [-0.39, 0.29) is 12.1 Å². The monoisotopic (exact) mass is 255 g/mol. The predicted molar refractivity (Wildman–Crippen MR) is 66.7 cm³/mol. The van der Waals surface area contributed by atoms with Crippen LogP contribution in [0.15, 0.2) is 30.3 Å². The van der Waals surface area contributed by atoms with Gasteiger partial charge in [0.2, 0.25) is 0 Å². The molecule has 4 nitrogen and oxygen atoms in total. The standard InChI is InChI=1S/C12H18NO3P/c1-4-15-17(14)13(3)10(2)12(16-17)11-8-6-5-7-9-11/h5-10,12H,4H2,1-3H3/t10-,12-,17-/m1/s1. The maximum absolute atomic E-state index is 12.4. The first kappa shape index (κ1) is 12.8. The Morgan fingerprint density at radius 3 is 2.65 bits per heavy atom. The van der Waals surface area contributed by atoms with Gasteiger partial charge in [-0.3, -0.25) is 9.05 Å². The molecule has 1 heterocycles. The van der Waals surface area contributed by atoms with Crippen molar-refractivity contribution in [2.24, 2.45) is 0 Å². The van der Waals surface area contributed by atoms with Crippen LogP contribution in [0.4, 0.5) is 0 Å². The first-order valence-corrected chi connectivity index (χ1v) is 7.29. The molecule has 1 saturated heterocycles. The lowest BCUT2D eigenvalue weighted by Gasteiger charge is -2.19. The molecule has 1 aliphatic heterocycles. The molecule has 3 atom stereocenters. The largest absolute Gasteiger partial charge is 0.408 e. The summed E-state index contributed by atoms with van der Waals surface area (Å²) in [6.07, 6.45) is -0.196. The molecule has 0 N–H and O–H groups in total. The van der Waals surface area contributed by atoms with E-state index in [9.17, 15) is 4.57 Å². The van der Waals surface area contributed by atoms with Crippen LogP contribution in [0.2, 0.25) is 0 Å². The molecule has 94 valence electrons. The predicted octanol–water partition coefficient (Wildman–Crippen LogP) is 3.22. The molecule has 0 aromatic heterocycles. The third kappa shape index (κ3) is 2.31. The topological polar surface area (TPSA) is 38.8 Å². The SMILES string of the molecule is CCO[P@@]1(=O)O[C@@H](c2ccccc2)[C@@H](C)N1C. The summed E-state index contributed by atoms with van der Waals surface area (Å²) < 4.78 is 25.1. The molecule has 0 unspecified atom stereocenters. The Morgan fingerprint density at radius 2 is 2.06 bits per heavy atom. The number of hydrogen-bond donors (Lipinski definition) is 0. The first-order valence-electron chi connectivity index (χ1n) is 5.79. The van der Waals surface area contributed by atoms with Crippen LogP contribution in [-0.4, -0.2) is 24.4 Å². The summed E-state index contributed by atoms with van der Waals surface area (Å²) in [5.41, 5.74) is 1.03. The van der Waals surface area contributed by atoms with Gasteiger partial charge in [0.25, 0.3) is 0 Å². The summed E-state index contributed by atoms with van der Waals surface area (Å²) in [5.74, 6) is 0. The van der Waals surface area contributed by atoms with Gasteiger partial charge in [0.1, 0.15) is 6.10 Å². The Hall–Kier alpha value is -0.670. The molecular weight excluding hydrogens is 237 g/mol. The number of rotatable bonds is 3. The molecule has 1 aromatic carbocycles. The molecule has 0 saturated carbocycles. The Morgan fingerprint density at radius 1 is 1.41 bits per heavy atom. The fourth-order valence-corrected chi connectivity index (χ4v) is 3.86. The summed E-state index contributed by atoms with van der Waals surface area (Å²) in [7, 11) is -1.32. The van der Waals surface area contributed by atoms with Gasteiger partial charge in [-0.05, 0) is 26.5 Å². The van der Waals surface area contributed by atoms with Crippen molar-refractivity contribution in [3.05, 3.63) is 35.9 Å². The van der Waals surface area contributed by atoms with Gasteiger partial charge in [0.05, 0.1) is 6.61 Å². The van der Waals surface area contributed by atoms with Crippen LogP contribution in [0.1, 0.15) is 25.5 Å². The third-order valence-corrected chi connectivity index (χ3v) is 5.30. The summed E-state index contributed by atoms with van der Waals surface area (Å²) in [6.45, 7) is 4.20. The molecule has 5 heteroatoms. The lowest BCUT2D eigenvalue weighted by Crippen LogP contribution is -2.23. The first-order chi connectivity index (χ1) is 8.08. The highest BCUT2D eigenvalue weighted by molar-refractivity contribution is 7.51. The molecule has 1 fully saturated rings. The molecular formula is C12H18NO3P. The van der Waals surface area contributed by atoms with E-state index in [1.807, 2.05) is 44.2 Å². The fraction of sp³-hybridized carbons (Fsp3) is 0.500. The zero-order chi connectivity index (χ0) is 12.5. The molecule has 0 bridgehead atoms. The van der Waals surface area contributed by atoms with Crippen molar-refractivity contribution in [3.8, 4) is 0 Å². The highest BCUT2D eigenvalue weighted by atomic mass is 31.2. The second-order valence-corrected chi connectivity index (χ2v) is 6.17. The number of benzene rings is 1. The van der Waals surface area contributed by atoms with Crippen molar-refractivity contribution in [1.29, 1.82) is 0 Å². The minimum atomic E-state index is -3.11. The van der Waals surface area contributed by atoms with E-state index in [0.717, 1.165) is 5.56 Å². The number of likely N-dealkylation sites (N-methyl/N-ethyl adjacent to an activating group) is 1. The van der Waals surface area contributed by atoms with Crippen molar-refractivity contribution in [2.75, 3.05) is 13.7 Å². The quantitative estimate of drug-likeness (QED) is 0.777. The van der Waals surface area contributed by atoms with Gasteiger partial charge < -0.3 is 0 Å². The molecule has 1 aliphatic rings. The van der Waals surface area contributed by atoms with Crippen LogP contribution in [0.5, 0.6) is 0 Å². The fourth-order valence-electron chi connectivity index (χ4n) is 1.99. The molecule has 0 radical (unpaired) electrons. The van der Waals surface area contributed by atoms with Crippen LogP contribution in [0.25, 0.3) is 0 Å². The van der Waals surface area contributed by atoms with Gasteiger partial charge in [0, 0.05) is 6.04 Å². The van der Waals surface area contributed by atoms with E-state index in [1.165, 1.54) is 0 Å². The molecule has 0 spiro atoms. The Bertz CT molecular complexity index is 423. The molecule has 0 amide bonds. The summed E-state index contributed by atoms with van der Waals surface area (Å²) >= 11 is 0. The summed E-state index contributed by atoms with van der Waals surface area (Å²) in [6, 6.07) is 9.86. The third-order valence-electron chi connectivity index (χ3n) is 3.08. The van der Waals surface area contributed by atoms with Crippen molar-refractivity contribution >= 4 is 7.75 Å². The van der Waals surface area contributed by atoms with E-state index in [2.05, 4.69) is 0 Å². The van der Waals surface area contributed by atoms with Gasteiger partial charge in [-0.15, -0.1) is 0 Å². The smallest absolute Gasteiger partial charge is 0.297 e. The van der Waals surface area contributed by atoms with E-state index in [4.69, 9.17) is 9.05 Å². The van der Waals surface area contributed by atoms with E-state index in [1.54, 1.807) is 11.7 Å². The average Bonchev–Trinajstić information content (AvgIpc) is 2.56. The Labute approximate surface area is 102 Å². The van der Waals surface area contributed by atoms with Crippen LogP contribution in [0, 0.1) is 0 Å². The van der Waals surface area contributed by atoms with Crippen molar-refractivity contribution < 1.29 is 13.6 Å². The normalized spacial score (nSPS) is 34.1. The second-order valence-electron chi connectivity index (χ2n) is 4.14. The Balaban J connectivity index is 2.26. The minimum Gasteiger partial charge on any atom is -0.297 e. The Kier molecular flexibility index (Phi) is 3.69. The lowest BCUT2D eigenvalue weighted by molar-refractivity contribution is 0.175. The second kappa shape index (κ2) is 4.91. The average molecular weight is 255 g/mol. The van der Waals surface area contributed by atoms with Crippen LogP contribution >= 0.6 is 7.75 Å². The van der Waals surface area contributed by atoms with Gasteiger partial charge in [-0.2, -0.15) is 0 Å². The van der Waals surface area contributed by atoms with Crippen molar-refractivity contribution in [3.63, 3.8) is 0 Å². The minimum absolute atomic E-state index is 0.0368. The highest BCUT2D eigenvalue weighted by Crippen LogP contribution is 2.62. The number of hydrogen-bond acceptors (Lipinski definition) is 3. The van der Waals surface area contributed by atoms with E-state index >= 15 is 0 Å². The van der Waals surface area contributed by atoms with Crippen LogP contribution < -0.4 is 0 Å². The van der Waals surface area contributed by atoms with Gasteiger partial charge in [-0.1, -0.05) is 30.3 Å². The van der Waals surface area contributed by atoms with Crippen molar-refractivity contribution in [1.82, 2.24) is 4.67 Å². The highest BCUT2D eigenvalue weighted by Gasteiger charge is 2.47. The molecule has 2 rings (SSSR count). The van der Waals surface area contributed by atoms with Gasteiger partial charge in [0.15, 0.2) is 0 Å². The van der Waals surface area contributed by atoms with E-state index < -0.39 is 7.75 Å². The maximum atomic E-state index is 12.4. The summed E-state index contributed by atoms with van der Waals surface area (Å²) in [4.78, 5) is 0. The molecule has 17 heavy (non-hydrogen) atoms. The lowest BCUT2D eigenvalue weighted by atomic mass is 10.0. The van der Waals surface area contributed by atoms with E-state index in [0.29, 0.717) is 6.61 Å². The zero-order valence-corrected chi connectivity index (χ0v) is 11.3. The maximum Gasteiger partial charge on any atom is 0.408 e. The zero-order valence-electron chi connectivity index (χ0n) is 10.4.